The van der Waals surface area contributed by atoms with E-state index in [9.17, 15) is 9.59 Å². The van der Waals surface area contributed by atoms with E-state index in [2.05, 4.69) is 19.2 Å². The fourth-order valence-electron chi connectivity index (χ4n) is 3.02. The number of amides is 2. The molecule has 2 amide bonds. The first-order valence-electron chi connectivity index (χ1n) is 9.10. The molecule has 0 saturated heterocycles. The number of carbonyl (C=O) groups excluding carboxylic acids is 2. The van der Waals surface area contributed by atoms with E-state index in [1.54, 1.807) is 0 Å². The van der Waals surface area contributed by atoms with Crippen molar-refractivity contribution in [3.05, 3.63) is 35.9 Å². The smallest absolute Gasteiger partial charge is 0.225 e. The molecular formula is C20H30N2O2. The fourth-order valence-corrected chi connectivity index (χ4v) is 3.02. The summed E-state index contributed by atoms with van der Waals surface area (Å²) in [6.45, 7) is 7.45. The van der Waals surface area contributed by atoms with Crippen LogP contribution in [0.3, 0.4) is 0 Å². The molecule has 0 aliphatic heterocycles. The van der Waals surface area contributed by atoms with Crippen molar-refractivity contribution in [2.24, 2.45) is 11.8 Å². The number of hydrogen-bond donors (Lipinski definition) is 1. The van der Waals surface area contributed by atoms with E-state index >= 15 is 0 Å². The third-order valence-corrected chi connectivity index (χ3v) is 4.64. The summed E-state index contributed by atoms with van der Waals surface area (Å²) in [6.07, 6.45) is 3.53. The second-order valence-corrected chi connectivity index (χ2v) is 7.26. The van der Waals surface area contributed by atoms with Gasteiger partial charge in [-0.3, -0.25) is 9.59 Å². The lowest BCUT2D eigenvalue weighted by molar-refractivity contribution is -0.139. The Morgan fingerprint density at radius 3 is 2.38 bits per heavy atom. The highest BCUT2D eigenvalue weighted by Gasteiger charge is 2.29. The van der Waals surface area contributed by atoms with E-state index in [1.165, 1.54) is 0 Å². The van der Waals surface area contributed by atoms with Gasteiger partial charge in [-0.15, -0.1) is 0 Å². The molecule has 1 fully saturated rings. The second-order valence-electron chi connectivity index (χ2n) is 7.26. The lowest BCUT2D eigenvalue weighted by Crippen LogP contribution is -2.42. The molecule has 1 aromatic carbocycles. The van der Waals surface area contributed by atoms with E-state index in [0.717, 1.165) is 31.4 Å². The van der Waals surface area contributed by atoms with Gasteiger partial charge in [0.2, 0.25) is 11.8 Å². The number of nitrogens with zero attached hydrogens (tertiary/aromatic N) is 1. The maximum Gasteiger partial charge on any atom is 0.225 e. The average molecular weight is 330 g/mol. The van der Waals surface area contributed by atoms with Crippen molar-refractivity contribution < 1.29 is 9.59 Å². The first kappa shape index (κ1) is 18.5. The summed E-state index contributed by atoms with van der Waals surface area (Å²) >= 11 is 0. The zero-order valence-corrected chi connectivity index (χ0v) is 15.1. The molecule has 1 unspecified atom stereocenters. The molecule has 24 heavy (non-hydrogen) atoms. The van der Waals surface area contributed by atoms with Gasteiger partial charge in [0.1, 0.15) is 0 Å². The fraction of sp³-hybridized carbons (Fsp3) is 0.600. The zero-order valence-electron chi connectivity index (χ0n) is 15.1. The Hall–Kier alpha value is -1.84. The predicted octanol–water partition coefficient (Wildman–Crippen LogP) is 3.54. The van der Waals surface area contributed by atoms with E-state index in [-0.39, 0.29) is 23.8 Å². The average Bonchev–Trinajstić information content (AvgIpc) is 2.50. The maximum absolute atomic E-state index is 12.5. The highest BCUT2D eigenvalue weighted by Crippen LogP contribution is 2.28. The Morgan fingerprint density at radius 2 is 1.83 bits per heavy atom. The lowest BCUT2D eigenvalue weighted by atomic mass is 9.84. The Bertz CT molecular complexity index is 538. The Kier molecular flexibility index (Phi) is 6.83. The van der Waals surface area contributed by atoms with Gasteiger partial charge in [0.25, 0.3) is 0 Å². The Balaban J connectivity index is 1.83. The van der Waals surface area contributed by atoms with Crippen LogP contribution in [0.2, 0.25) is 0 Å². The number of hydrogen-bond acceptors (Lipinski definition) is 2. The molecule has 132 valence electrons. The van der Waals surface area contributed by atoms with Crippen LogP contribution in [0.5, 0.6) is 0 Å². The molecule has 0 aromatic heterocycles. The SMILES string of the molecule is CC(C)CN(CCC(=O)NC(C)c1ccccc1)C(=O)C1CCC1. The van der Waals surface area contributed by atoms with E-state index < -0.39 is 0 Å². The molecule has 1 aromatic rings. The molecule has 1 aliphatic rings. The third kappa shape index (κ3) is 5.36. The van der Waals surface area contributed by atoms with Gasteiger partial charge in [0.05, 0.1) is 6.04 Å². The molecule has 0 heterocycles. The van der Waals surface area contributed by atoms with Gasteiger partial charge in [0, 0.05) is 25.4 Å². The molecule has 1 saturated carbocycles. The van der Waals surface area contributed by atoms with Gasteiger partial charge >= 0.3 is 0 Å². The van der Waals surface area contributed by atoms with Gasteiger partial charge < -0.3 is 10.2 Å². The van der Waals surface area contributed by atoms with E-state index in [4.69, 9.17) is 0 Å². The van der Waals surface area contributed by atoms with Crippen LogP contribution in [0.15, 0.2) is 30.3 Å². The first-order chi connectivity index (χ1) is 11.5. The summed E-state index contributed by atoms with van der Waals surface area (Å²) in [5.74, 6) is 0.843. The maximum atomic E-state index is 12.5. The Labute approximate surface area is 145 Å². The van der Waals surface area contributed by atoms with Gasteiger partial charge in [-0.1, -0.05) is 50.6 Å². The molecular weight excluding hydrogens is 300 g/mol. The second kappa shape index (κ2) is 8.86. The van der Waals surface area contributed by atoms with E-state index in [0.29, 0.717) is 18.9 Å². The van der Waals surface area contributed by atoms with Gasteiger partial charge in [0.15, 0.2) is 0 Å². The van der Waals surface area contributed by atoms with Crippen LogP contribution in [0.4, 0.5) is 0 Å². The first-order valence-corrected chi connectivity index (χ1v) is 9.10. The van der Waals surface area contributed by atoms with Gasteiger partial charge in [-0.25, -0.2) is 0 Å². The topological polar surface area (TPSA) is 49.4 Å². The van der Waals surface area contributed by atoms with Crippen LogP contribution in [-0.2, 0) is 9.59 Å². The quantitative estimate of drug-likeness (QED) is 0.792. The van der Waals surface area contributed by atoms with Crippen LogP contribution in [0, 0.1) is 11.8 Å². The van der Waals surface area contributed by atoms with Crippen LogP contribution >= 0.6 is 0 Å². The molecule has 1 N–H and O–H groups in total. The van der Waals surface area contributed by atoms with Gasteiger partial charge in [-0.05, 0) is 31.2 Å². The summed E-state index contributed by atoms with van der Waals surface area (Å²) in [5.41, 5.74) is 1.09. The molecule has 2 rings (SSSR count). The minimum atomic E-state index is -0.0143. The highest BCUT2D eigenvalue weighted by atomic mass is 16.2. The van der Waals surface area contributed by atoms with Crippen LogP contribution in [0.25, 0.3) is 0 Å². The molecule has 1 atom stereocenters. The summed E-state index contributed by atoms with van der Waals surface area (Å²) < 4.78 is 0. The van der Waals surface area contributed by atoms with Crippen molar-refractivity contribution in [2.75, 3.05) is 13.1 Å². The highest BCUT2D eigenvalue weighted by molar-refractivity contribution is 5.81. The normalized spacial score (nSPS) is 15.7. The molecule has 4 heteroatoms. The largest absolute Gasteiger partial charge is 0.350 e. The molecule has 1 aliphatic carbocycles. The van der Waals surface area contributed by atoms with Crippen molar-refractivity contribution >= 4 is 11.8 Å². The van der Waals surface area contributed by atoms with Crippen molar-refractivity contribution in [2.45, 2.75) is 52.5 Å². The summed E-state index contributed by atoms with van der Waals surface area (Å²) in [7, 11) is 0. The van der Waals surface area contributed by atoms with Crippen molar-refractivity contribution in [1.29, 1.82) is 0 Å². The van der Waals surface area contributed by atoms with Crippen LogP contribution < -0.4 is 5.32 Å². The zero-order chi connectivity index (χ0) is 17.5. The minimum Gasteiger partial charge on any atom is -0.350 e. The number of benzene rings is 1. The molecule has 0 radical (unpaired) electrons. The lowest BCUT2D eigenvalue weighted by Gasteiger charge is -2.32. The summed E-state index contributed by atoms with van der Waals surface area (Å²) in [5, 5.41) is 3.02. The molecule has 4 nitrogen and oxygen atoms in total. The number of rotatable bonds is 8. The van der Waals surface area contributed by atoms with Crippen molar-refractivity contribution in [3.8, 4) is 0 Å². The summed E-state index contributed by atoms with van der Waals surface area (Å²) in [4.78, 5) is 26.6. The molecule has 0 spiro atoms. The number of carbonyl (C=O) groups is 2. The van der Waals surface area contributed by atoms with Gasteiger partial charge in [-0.2, -0.15) is 0 Å². The monoisotopic (exact) mass is 330 g/mol. The minimum absolute atomic E-state index is 0.00141. The van der Waals surface area contributed by atoms with Crippen molar-refractivity contribution in [1.82, 2.24) is 10.2 Å². The third-order valence-electron chi connectivity index (χ3n) is 4.64. The number of nitrogens with one attached hydrogen (secondary N) is 1. The van der Waals surface area contributed by atoms with Crippen molar-refractivity contribution in [3.63, 3.8) is 0 Å². The predicted molar refractivity (Wildman–Crippen MR) is 96.4 cm³/mol. The van der Waals surface area contributed by atoms with Crippen LogP contribution in [0.1, 0.15) is 58.1 Å². The Morgan fingerprint density at radius 1 is 1.17 bits per heavy atom. The summed E-state index contributed by atoms with van der Waals surface area (Å²) in [6, 6.07) is 9.92. The molecule has 0 bridgehead atoms. The standard InChI is InChI=1S/C20H30N2O2/c1-15(2)14-22(20(24)18-10-7-11-18)13-12-19(23)21-16(3)17-8-5-4-6-9-17/h4-6,8-9,15-16,18H,7,10-14H2,1-3H3,(H,21,23). The van der Waals surface area contributed by atoms with Crippen LogP contribution in [-0.4, -0.2) is 29.8 Å². The van der Waals surface area contributed by atoms with E-state index in [1.807, 2.05) is 42.2 Å².